The van der Waals surface area contributed by atoms with Crippen LogP contribution in [0.1, 0.15) is 0 Å². The van der Waals surface area contributed by atoms with Gasteiger partial charge in [-0.25, -0.2) is 0 Å². The zero-order valence-electron chi connectivity index (χ0n) is 7.28. The third-order valence-electron chi connectivity index (χ3n) is 1.71. The molecule has 0 aliphatic heterocycles. The Morgan fingerprint density at radius 3 is 2.07 bits per heavy atom. The van der Waals surface area contributed by atoms with Crippen LogP contribution in [0.15, 0.2) is 0 Å². The Kier molecular flexibility index (Phi) is 5.97. The summed E-state index contributed by atoms with van der Waals surface area (Å²) in [7, 11) is 0. The molecule has 82 valence electrons. The van der Waals surface area contributed by atoms with Crippen LogP contribution in [-0.4, -0.2) is 64.1 Å². The van der Waals surface area contributed by atoms with Crippen LogP contribution >= 0.6 is 0 Å². The monoisotopic (exact) mass is 207 g/mol. The number of amides is 1. The average molecular weight is 207 g/mol. The summed E-state index contributed by atoms with van der Waals surface area (Å²) in [6.45, 7) is -0.759. The summed E-state index contributed by atoms with van der Waals surface area (Å²) in [4.78, 5) is 20.3. The summed E-state index contributed by atoms with van der Waals surface area (Å²) in [5.41, 5.74) is 0. The minimum atomic E-state index is -1.71. The van der Waals surface area contributed by atoms with Gasteiger partial charge in [0.05, 0.1) is 6.61 Å². The van der Waals surface area contributed by atoms with E-state index in [1.807, 2.05) is 5.32 Å². The van der Waals surface area contributed by atoms with Gasteiger partial charge >= 0.3 is 0 Å². The molecule has 7 nitrogen and oxygen atoms in total. The molecule has 0 radical (unpaired) electrons. The van der Waals surface area contributed by atoms with Crippen molar-refractivity contribution in [3.63, 3.8) is 0 Å². The smallest absolute Gasteiger partial charge is 0.207 e. The van der Waals surface area contributed by atoms with Crippen molar-refractivity contribution in [3.8, 4) is 0 Å². The van der Waals surface area contributed by atoms with Gasteiger partial charge in [-0.1, -0.05) is 0 Å². The highest BCUT2D eigenvalue weighted by Gasteiger charge is 2.30. The van der Waals surface area contributed by atoms with Crippen LogP contribution in [0.2, 0.25) is 0 Å². The highest BCUT2D eigenvalue weighted by atomic mass is 16.4. The maximum atomic E-state index is 10.3. The van der Waals surface area contributed by atoms with Crippen molar-refractivity contribution < 1.29 is 30.0 Å². The molecule has 0 unspecified atom stereocenters. The molecule has 1 amide bonds. The van der Waals surface area contributed by atoms with E-state index < -0.39 is 31.0 Å². The average Bonchev–Trinajstić information content (AvgIpc) is 2.22. The van der Waals surface area contributed by atoms with Gasteiger partial charge in [-0.2, -0.15) is 0 Å². The number of hydrogen-bond acceptors (Lipinski definition) is 6. The predicted octanol–water partition coefficient (Wildman–Crippen LogP) is -3.63. The van der Waals surface area contributed by atoms with Crippen LogP contribution in [0.4, 0.5) is 0 Å². The van der Waals surface area contributed by atoms with Gasteiger partial charge in [0.1, 0.15) is 30.6 Å². The van der Waals surface area contributed by atoms with E-state index in [-0.39, 0.29) is 12.7 Å². The second-order valence-electron chi connectivity index (χ2n) is 2.68. The molecular formula is C7H13NO6. The fraction of sp³-hybridized carbons (Fsp3) is 0.714. The standard InChI is InChI=1S/C7H13NO6/c9-1-4(8-3-11)6(13)7(14)5(12)2-10/h1,3-7,10,12-14H,2H2,(H,8,11)/t4-,5+,6+,7-/m0/s1. The SMILES string of the molecule is O=CN[C@@H](C=O)[C@@H](O)[C@@H](O)[C@H](O)CO. The molecule has 0 aliphatic rings. The van der Waals surface area contributed by atoms with E-state index in [1.54, 1.807) is 0 Å². The largest absolute Gasteiger partial charge is 0.394 e. The predicted molar refractivity (Wildman–Crippen MR) is 44.2 cm³/mol. The maximum absolute atomic E-state index is 10.3. The van der Waals surface area contributed by atoms with Crippen LogP contribution in [0.5, 0.6) is 0 Å². The Morgan fingerprint density at radius 1 is 1.14 bits per heavy atom. The Morgan fingerprint density at radius 2 is 1.71 bits per heavy atom. The van der Waals surface area contributed by atoms with E-state index in [9.17, 15) is 14.7 Å². The lowest BCUT2D eigenvalue weighted by molar-refractivity contribution is -0.125. The van der Waals surface area contributed by atoms with Crippen molar-refractivity contribution in [2.75, 3.05) is 6.61 Å². The van der Waals surface area contributed by atoms with Crippen LogP contribution in [-0.2, 0) is 9.59 Å². The van der Waals surface area contributed by atoms with Crippen LogP contribution in [0, 0.1) is 0 Å². The summed E-state index contributed by atoms with van der Waals surface area (Å²) in [5, 5.41) is 37.7. The van der Waals surface area contributed by atoms with Gasteiger partial charge in [-0.15, -0.1) is 0 Å². The number of hydrogen-bond donors (Lipinski definition) is 5. The fourth-order valence-corrected chi connectivity index (χ4v) is 0.845. The molecule has 14 heavy (non-hydrogen) atoms. The van der Waals surface area contributed by atoms with Crippen molar-refractivity contribution >= 4 is 12.7 Å². The highest BCUT2D eigenvalue weighted by Crippen LogP contribution is 2.03. The molecule has 4 atom stereocenters. The van der Waals surface area contributed by atoms with Crippen molar-refractivity contribution in [3.05, 3.63) is 0 Å². The zero-order chi connectivity index (χ0) is 11.1. The third kappa shape index (κ3) is 3.38. The number of nitrogens with one attached hydrogen (secondary N) is 1. The molecule has 0 aliphatic carbocycles. The molecule has 0 rings (SSSR count). The number of carbonyl (C=O) groups is 2. The molecule has 0 aromatic carbocycles. The minimum absolute atomic E-state index is 0.181. The first-order valence-electron chi connectivity index (χ1n) is 3.88. The normalized spacial score (nSPS) is 19.1. The van der Waals surface area contributed by atoms with Crippen molar-refractivity contribution in [1.29, 1.82) is 0 Å². The molecule has 0 saturated carbocycles. The number of rotatable bonds is 7. The Balaban J connectivity index is 4.31. The second kappa shape index (κ2) is 6.44. The van der Waals surface area contributed by atoms with Gasteiger partial charge in [0.25, 0.3) is 0 Å². The molecule has 0 heterocycles. The lowest BCUT2D eigenvalue weighted by Gasteiger charge is -2.24. The van der Waals surface area contributed by atoms with E-state index in [1.165, 1.54) is 0 Å². The molecule has 0 fully saturated rings. The van der Waals surface area contributed by atoms with Crippen LogP contribution < -0.4 is 5.32 Å². The Bertz CT molecular complexity index is 187. The van der Waals surface area contributed by atoms with E-state index in [2.05, 4.69) is 0 Å². The van der Waals surface area contributed by atoms with E-state index in [0.29, 0.717) is 0 Å². The fourth-order valence-electron chi connectivity index (χ4n) is 0.845. The van der Waals surface area contributed by atoms with E-state index in [0.717, 1.165) is 0 Å². The van der Waals surface area contributed by atoms with Gasteiger partial charge in [0, 0.05) is 0 Å². The lowest BCUT2D eigenvalue weighted by atomic mass is 10.0. The molecular weight excluding hydrogens is 194 g/mol. The molecule has 0 saturated heterocycles. The molecule has 0 aromatic rings. The van der Waals surface area contributed by atoms with Crippen LogP contribution in [0.3, 0.4) is 0 Å². The summed E-state index contributed by atoms with van der Waals surface area (Å²) >= 11 is 0. The molecule has 0 bridgehead atoms. The first-order valence-corrected chi connectivity index (χ1v) is 3.88. The molecule has 0 spiro atoms. The third-order valence-corrected chi connectivity index (χ3v) is 1.71. The second-order valence-corrected chi connectivity index (χ2v) is 2.68. The number of aliphatic hydroxyl groups is 4. The van der Waals surface area contributed by atoms with Gasteiger partial charge < -0.3 is 30.5 Å². The topological polar surface area (TPSA) is 127 Å². The first-order chi connectivity index (χ1) is 6.58. The van der Waals surface area contributed by atoms with Gasteiger partial charge in [0.15, 0.2) is 0 Å². The summed E-state index contributed by atoms with van der Waals surface area (Å²) in [6, 6.07) is -1.32. The lowest BCUT2D eigenvalue weighted by Crippen LogP contribution is -2.51. The van der Waals surface area contributed by atoms with Crippen molar-refractivity contribution in [2.45, 2.75) is 24.4 Å². The Labute approximate surface area is 80.0 Å². The van der Waals surface area contributed by atoms with Gasteiger partial charge in [0.2, 0.25) is 6.41 Å². The van der Waals surface area contributed by atoms with Gasteiger partial charge in [-0.3, -0.25) is 4.79 Å². The number of carbonyl (C=O) groups excluding carboxylic acids is 2. The minimum Gasteiger partial charge on any atom is -0.394 e. The molecule has 7 heteroatoms. The quantitative estimate of drug-likeness (QED) is 0.274. The zero-order valence-corrected chi connectivity index (χ0v) is 7.28. The van der Waals surface area contributed by atoms with E-state index in [4.69, 9.17) is 15.3 Å². The van der Waals surface area contributed by atoms with Crippen LogP contribution in [0.25, 0.3) is 0 Å². The highest BCUT2D eigenvalue weighted by molar-refractivity contribution is 5.64. The van der Waals surface area contributed by atoms with Gasteiger partial charge in [-0.05, 0) is 0 Å². The van der Waals surface area contributed by atoms with E-state index >= 15 is 0 Å². The molecule has 0 aromatic heterocycles. The number of aldehydes is 1. The van der Waals surface area contributed by atoms with Crippen molar-refractivity contribution in [2.24, 2.45) is 0 Å². The Hall–Kier alpha value is -1.02. The number of aliphatic hydroxyl groups excluding tert-OH is 4. The summed E-state index contributed by atoms with van der Waals surface area (Å²) in [5.74, 6) is 0. The molecule has 5 N–H and O–H groups in total. The summed E-state index contributed by atoms with van der Waals surface area (Å²) in [6.07, 6.45) is -4.55. The van der Waals surface area contributed by atoms with Crippen molar-refractivity contribution in [1.82, 2.24) is 5.32 Å². The maximum Gasteiger partial charge on any atom is 0.207 e. The first kappa shape index (κ1) is 13.0. The summed E-state index contributed by atoms with van der Waals surface area (Å²) < 4.78 is 0.